The minimum atomic E-state index is -5.98. The fourth-order valence-corrected chi connectivity index (χ4v) is 3.41. The van der Waals surface area contributed by atoms with Gasteiger partial charge in [0.1, 0.15) is 5.70 Å². The number of carbonyl (C=O) groups is 2. The van der Waals surface area contributed by atoms with Crippen LogP contribution in [0.1, 0.15) is 5.56 Å². The molecule has 1 aromatic carbocycles. The first-order valence-electron chi connectivity index (χ1n) is 8.12. The Morgan fingerprint density at radius 3 is 2.53 bits per heavy atom. The summed E-state index contributed by atoms with van der Waals surface area (Å²) in [5.41, 5.74) is -6.01. The lowest BCUT2D eigenvalue weighted by atomic mass is 10.2. The minimum Gasteiger partial charge on any atom is -0.466 e. The Labute approximate surface area is 183 Å². The van der Waals surface area contributed by atoms with Gasteiger partial charge in [-0.2, -0.15) is 21.6 Å². The number of amides is 1. The van der Waals surface area contributed by atoms with Gasteiger partial charge in [0, 0.05) is 10.1 Å². The quantitative estimate of drug-likeness (QED) is 0.221. The second-order valence-corrected chi connectivity index (χ2v) is 8.70. The van der Waals surface area contributed by atoms with E-state index in [2.05, 4.69) is 14.2 Å². The number of β-amino-alcohol motifs (C(OH)–C–C–N with tert-alkyl or cyclic N) is 1. The van der Waals surface area contributed by atoms with Crippen LogP contribution in [0.4, 0.5) is 18.9 Å². The van der Waals surface area contributed by atoms with E-state index in [1.165, 1.54) is 13.0 Å². The van der Waals surface area contributed by atoms with Crippen LogP contribution in [0.5, 0.6) is 5.75 Å². The number of benzene rings is 1. The Kier molecular flexibility index (Phi) is 7.24. The third-order valence-corrected chi connectivity index (χ3v) is 6.09. The zero-order valence-electron chi connectivity index (χ0n) is 15.5. The van der Waals surface area contributed by atoms with Crippen molar-refractivity contribution in [2.24, 2.45) is 0 Å². The van der Waals surface area contributed by atoms with E-state index in [0.717, 1.165) is 18.1 Å². The van der Waals surface area contributed by atoms with Crippen molar-refractivity contribution in [1.82, 2.24) is 4.90 Å². The molecule has 0 saturated carbocycles. The van der Waals surface area contributed by atoms with E-state index >= 15 is 0 Å². The van der Waals surface area contributed by atoms with Crippen LogP contribution in [0, 0.1) is 10.5 Å². The summed E-state index contributed by atoms with van der Waals surface area (Å²) in [7, 11) is -4.91. The molecular weight excluding hydrogens is 548 g/mol. The number of methoxy groups -OCH3 is 1. The molecule has 1 aliphatic heterocycles. The molecule has 1 heterocycles. The molecule has 0 aliphatic carbocycles. The molecule has 0 bridgehead atoms. The summed E-state index contributed by atoms with van der Waals surface area (Å²) >= 11 is 1.85. The summed E-state index contributed by atoms with van der Waals surface area (Å²) in [6.45, 7) is 0.797. The normalized spacial score (nSPS) is 14.9. The number of aliphatic hydroxyl groups is 1. The number of rotatable bonds is 7. The molecule has 166 valence electrons. The van der Waals surface area contributed by atoms with E-state index in [9.17, 15) is 31.2 Å². The number of aryl methyl sites for hydroxylation is 1. The van der Waals surface area contributed by atoms with E-state index in [1.807, 2.05) is 22.6 Å². The first kappa shape index (κ1) is 24.2. The number of hydrogen-bond donors (Lipinski definition) is 2. The van der Waals surface area contributed by atoms with Gasteiger partial charge in [0.05, 0.1) is 31.5 Å². The number of alkyl halides is 3. The summed E-state index contributed by atoms with van der Waals surface area (Å²) in [6.07, 6.45) is 0. The maximum absolute atomic E-state index is 12.8. The van der Waals surface area contributed by atoms with Crippen LogP contribution in [0.3, 0.4) is 0 Å². The maximum atomic E-state index is 12.8. The van der Waals surface area contributed by atoms with Crippen molar-refractivity contribution in [3.8, 4) is 5.75 Å². The van der Waals surface area contributed by atoms with Gasteiger partial charge in [-0.25, -0.2) is 4.79 Å². The summed E-state index contributed by atoms with van der Waals surface area (Å²) < 4.78 is 70.6. The minimum absolute atomic E-state index is 0.109. The van der Waals surface area contributed by atoms with Crippen LogP contribution in [-0.4, -0.2) is 62.6 Å². The van der Waals surface area contributed by atoms with Crippen LogP contribution in [0.15, 0.2) is 23.4 Å². The topological polar surface area (TPSA) is 122 Å². The molecule has 0 radical (unpaired) electrons. The number of hydrogen-bond acceptors (Lipinski definition) is 8. The highest BCUT2D eigenvalue weighted by Gasteiger charge is 2.49. The summed E-state index contributed by atoms with van der Waals surface area (Å²) in [5, 5.41) is 11.6. The molecule has 2 rings (SSSR count). The van der Waals surface area contributed by atoms with Crippen LogP contribution in [0.2, 0.25) is 0 Å². The van der Waals surface area contributed by atoms with E-state index in [4.69, 9.17) is 5.11 Å². The molecule has 0 aromatic heterocycles. The van der Waals surface area contributed by atoms with Crippen molar-refractivity contribution >= 4 is 50.3 Å². The van der Waals surface area contributed by atoms with Crippen molar-refractivity contribution in [2.45, 2.75) is 12.4 Å². The zero-order valence-corrected chi connectivity index (χ0v) is 18.5. The molecule has 2 N–H and O–H groups in total. The number of carbonyl (C=O) groups excluding carboxylic acids is 2. The Hall–Kier alpha value is -2.07. The van der Waals surface area contributed by atoms with Gasteiger partial charge < -0.3 is 24.2 Å². The van der Waals surface area contributed by atoms with Crippen molar-refractivity contribution in [3.63, 3.8) is 0 Å². The van der Waals surface area contributed by atoms with Gasteiger partial charge in [0.15, 0.2) is 5.75 Å². The van der Waals surface area contributed by atoms with Gasteiger partial charge >= 0.3 is 21.6 Å². The highest BCUT2D eigenvalue weighted by molar-refractivity contribution is 14.1. The summed E-state index contributed by atoms with van der Waals surface area (Å²) in [4.78, 5) is 25.7. The van der Waals surface area contributed by atoms with Crippen molar-refractivity contribution in [2.75, 3.05) is 32.1 Å². The maximum Gasteiger partial charge on any atom is 0.534 e. The molecule has 30 heavy (non-hydrogen) atoms. The van der Waals surface area contributed by atoms with E-state index in [1.54, 1.807) is 0 Å². The van der Waals surface area contributed by atoms with Gasteiger partial charge in [-0.05, 0) is 47.2 Å². The third kappa shape index (κ3) is 4.97. The standard InChI is InChI=1S/C16H16F3IN2O7S/c1-8-5-12(29-30(26,27)16(17,18)19)11(6-10(8)20)21-13-9(15(25)28-2)7-22(3-4-23)14(13)24/h5-6,21,23H,3-4,7H2,1-2H3. The number of aliphatic hydroxyl groups excluding tert-OH is 1. The van der Waals surface area contributed by atoms with Gasteiger partial charge in [0.2, 0.25) is 0 Å². The van der Waals surface area contributed by atoms with Crippen LogP contribution in [-0.2, 0) is 24.4 Å². The molecule has 0 unspecified atom stereocenters. The molecule has 1 aromatic rings. The molecule has 0 saturated heterocycles. The lowest BCUT2D eigenvalue weighted by molar-refractivity contribution is -0.136. The van der Waals surface area contributed by atoms with Crippen LogP contribution in [0.25, 0.3) is 0 Å². The Morgan fingerprint density at radius 1 is 1.37 bits per heavy atom. The molecule has 0 spiro atoms. The predicted molar refractivity (Wildman–Crippen MR) is 106 cm³/mol. The molecule has 0 atom stereocenters. The Balaban J connectivity index is 2.54. The molecule has 9 nitrogen and oxygen atoms in total. The number of nitrogens with one attached hydrogen (secondary N) is 1. The molecular formula is C16H16F3IN2O7S. The second-order valence-electron chi connectivity index (χ2n) is 6.00. The number of ether oxygens (including phenoxy) is 1. The fraction of sp³-hybridized carbons (Fsp3) is 0.375. The average molecular weight is 564 g/mol. The molecule has 1 amide bonds. The first-order valence-corrected chi connectivity index (χ1v) is 10.6. The summed E-state index contributed by atoms with van der Waals surface area (Å²) in [5.74, 6) is -2.32. The van der Waals surface area contributed by atoms with Crippen LogP contribution < -0.4 is 9.50 Å². The fourth-order valence-electron chi connectivity index (χ4n) is 2.47. The number of halogens is 4. The number of anilines is 1. The highest BCUT2D eigenvalue weighted by Crippen LogP contribution is 2.36. The molecule has 14 heteroatoms. The monoisotopic (exact) mass is 564 g/mol. The van der Waals surface area contributed by atoms with Crippen molar-refractivity contribution in [1.29, 1.82) is 0 Å². The van der Waals surface area contributed by atoms with E-state index < -0.39 is 39.9 Å². The van der Waals surface area contributed by atoms with Gasteiger partial charge in [0.25, 0.3) is 5.91 Å². The Morgan fingerprint density at radius 2 is 2.00 bits per heavy atom. The number of esters is 1. The number of nitrogens with zero attached hydrogens (tertiary/aromatic N) is 1. The average Bonchev–Trinajstić information content (AvgIpc) is 2.94. The Bertz CT molecular complexity index is 1010. The third-order valence-electron chi connectivity index (χ3n) is 3.96. The predicted octanol–water partition coefficient (Wildman–Crippen LogP) is 1.50. The zero-order chi connectivity index (χ0) is 22.9. The van der Waals surface area contributed by atoms with Gasteiger partial charge in [-0.3, -0.25) is 4.79 Å². The summed E-state index contributed by atoms with van der Waals surface area (Å²) in [6, 6.07) is 2.32. The molecule has 1 aliphatic rings. The van der Waals surface area contributed by atoms with E-state index in [-0.39, 0.29) is 30.0 Å². The largest absolute Gasteiger partial charge is 0.534 e. The lowest BCUT2D eigenvalue weighted by Crippen LogP contribution is -2.31. The SMILES string of the molecule is COC(=O)C1=C(Nc2cc(I)c(C)cc2OS(=O)(=O)C(F)(F)F)C(=O)N(CCO)C1. The smallest absolute Gasteiger partial charge is 0.466 e. The van der Waals surface area contributed by atoms with E-state index in [0.29, 0.717) is 9.13 Å². The van der Waals surface area contributed by atoms with Gasteiger partial charge in [-0.15, -0.1) is 0 Å². The van der Waals surface area contributed by atoms with Gasteiger partial charge in [-0.1, -0.05) is 0 Å². The highest BCUT2D eigenvalue weighted by atomic mass is 127. The lowest BCUT2D eigenvalue weighted by Gasteiger charge is -2.17. The second kappa shape index (κ2) is 8.97. The van der Waals surface area contributed by atoms with Crippen molar-refractivity contribution < 1.29 is 45.2 Å². The first-order chi connectivity index (χ1) is 13.8. The molecule has 0 fully saturated rings. The van der Waals surface area contributed by atoms with Crippen molar-refractivity contribution in [3.05, 3.63) is 32.5 Å². The van der Waals surface area contributed by atoms with Crippen LogP contribution >= 0.6 is 22.6 Å².